The molecule has 14 nitrogen and oxygen atoms in total. The minimum atomic E-state index is -2.16. The normalized spacial score (nSPS) is 25.7. The van der Waals surface area contributed by atoms with Crippen molar-refractivity contribution in [2.45, 2.75) is 101 Å². The first-order valence-electron chi connectivity index (χ1n) is 16.7. The van der Waals surface area contributed by atoms with Gasteiger partial charge in [-0.2, -0.15) is 0 Å². The van der Waals surface area contributed by atoms with E-state index in [1.807, 2.05) is 6.08 Å². The molecule has 22 heteroatoms. The van der Waals surface area contributed by atoms with E-state index in [1.54, 1.807) is 36.4 Å². The molecule has 2 aromatic rings. The molecule has 0 unspecified atom stereocenters. The molecule has 0 amide bonds. The topological polar surface area (TPSA) is 187 Å². The van der Waals surface area contributed by atoms with Crippen LogP contribution in [0.3, 0.4) is 0 Å². The SMILES string of the molecule is CC(C)(C)[Si](C)(C)O[C@@]12C=C[C@@H](OCc3ccc([N+](=O)[O-])cc3)[C@@H](C1)OC2=O.O=C1O[C@@H]2C[C@@]1(O)C=C[C@H]2OCc1ccc([N+](=O)[O-])cc1.[I][V]([I])[I].[I][V][I]. The fourth-order valence-corrected chi connectivity index (χ4v) is 7.04. The van der Waals surface area contributed by atoms with Gasteiger partial charge in [0.15, 0.2) is 19.5 Å². The number of fused-ring (bicyclic) bond motifs is 4. The van der Waals surface area contributed by atoms with Gasteiger partial charge in [0, 0.05) is 37.1 Å². The van der Waals surface area contributed by atoms with Crippen LogP contribution in [0, 0.1) is 20.2 Å². The van der Waals surface area contributed by atoms with E-state index in [1.165, 1.54) is 30.3 Å². The number of nitro benzene ring substituents is 2. The van der Waals surface area contributed by atoms with Crippen molar-refractivity contribution in [1.29, 1.82) is 0 Å². The average molecular weight is 1430 g/mol. The van der Waals surface area contributed by atoms with Crippen molar-refractivity contribution in [2.24, 2.45) is 0 Å². The molecular formula is C34H40I5N2O12SiV2. The molecule has 1 N–H and O–H groups in total. The predicted octanol–water partition coefficient (Wildman–Crippen LogP) is 9.65. The predicted molar refractivity (Wildman–Crippen MR) is 247 cm³/mol. The van der Waals surface area contributed by atoms with Crippen molar-refractivity contribution in [3.8, 4) is 0 Å². The molecular weight excluding hydrogens is 1390 g/mol. The molecule has 0 radical (unpaired) electrons. The summed E-state index contributed by atoms with van der Waals surface area (Å²) in [5, 5.41) is 31.2. The number of hydrogen-bond acceptors (Lipinski definition) is 12. The summed E-state index contributed by atoms with van der Waals surface area (Å²) in [6.07, 6.45) is 5.62. The van der Waals surface area contributed by atoms with E-state index in [4.69, 9.17) is 23.4 Å². The third-order valence-electron chi connectivity index (χ3n) is 9.50. The standard InChI is InChI=1S/C20H27NO6Si.C14H13NO6.5HI.2V/c1-19(2,3)28(4,5)27-20-11-10-16(17(12-20)26-18(20)22)25-13-14-6-8-15(9-7-14)21(23)24;16-13-14(17)6-5-11(12(7-14)21-13)20-8-9-1-3-10(4-2-9)15(18)19;;;;;;;/h6-11,16-17H,12-13H2,1-5H3;1-6,11-12,17H,7-8H2;5*1H;;/q;;;;;;;+2;+3/p-5/t16-,17-,20+;11-,12-,14+;;;;;;;/m11......./s1. The van der Waals surface area contributed by atoms with Crippen LogP contribution in [0.15, 0.2) is 72.8 Å². The number of aliphatic hydroxyl groups is 1. The Kier molecular flexibility index (Phi) is 20.5. The van der Waals surface area contributed by atoms with Crippen molar-refractivity contribution < 1.29 is 62.3 Å². The van der Waals surface area contributed by atoms with Gasteiger partial charge in [0.2, 0.25) is 0 Å². The van der Waals surface area contributed by atoms with E-state index in [9.17, 15) is 34.9 Å². The Labute approximate surface area is 393 Å². The van der Waals surface area contributed by atoms with Crippen LogP contribution < -0.4 is 0 Å². The Morgan fingerprint density at radius 2 is 1.21 bits per heavy atom. The molecule has 0 saturated carbocycles. The van der Waals surface area contributed by atoms with Crippen LogP contribution >= 0.6 is 99.9 Å². The van der Waals surface area contributed by atoms with Gasteiger partial charge < -0.3 is 28.5 Å². The molecule has 6 rings (SSSR count). The van der Waals surface area contributed by atoms with Crippen LogP contribution in [-0.2, 0) is 60.6 Å². The molecule has 2 aromatic carbocycles. The second kappa shape index (κ2) is 22.6. The first-order valence-corrected chi connectivity index (χ1v) is 42.1. The van der Waals surface area contributed by atoms with Crippen LogP contribution in [0.1, 0.15) is 44.7 Å². The van der Waals surface area contributed by atoms with E-state index >= 15 is 0 Å². The number of carbonyl (C=O) groups excluding carboxylic acids is 2. The van der Waals surface area contributed by atoms with E-state index in [0.29, 0.717) is 15.9 Å². The molecule has 2 aliphatic carbocycles. The zero-order valence-corrected chi connectivity index (χ0v) is 45.3. The number of hydrogen-bond donors (Lipinski definition) is 1. The Bertz CT molecular complexity index is 1750. The van der Waals surface area contributed by atoms with Crippen LogP contribution in [0.4, 0.5) is 11.4 Å². The molecule has 2 aliphatic heterocycles. The fraction of sp³-hybridized carbons (Fsp3) is 0.471. The molecule has 56 heavy (non-hydrogen) atoms. The quantitative estimate of drug-likeness (QED) is 0.0594. The number of ether oxygens (including phenoxy) is 4. The summed E-state index contributed by atoms with van der Waals surface area (Å²) in [7, 11) is -1.53. The van der Waals surface area contributed by atoms with Gasteiger partial charge >= 0.3 is 126 Å². The Morgan fingerprint density at radius 3 is 1.62 bits per heavy atom. The number of nitrogens with zero attached hydrogens (tertiary/aromatic N) is 2. The van der Waals surface area contributed by atoms with Crippen molar-refractivity contribution in [1.82, 2.24) is 0 Å². The summed E-state index contributed by atoms with van der Waals surface area (Å²) < 4.78 is 28.7. The van der Waals surface area contributed by atoms with E-state index < -0.39 is 47.5 Å². The van der Waals surface area contributed by atoms with Gasteiger partial charge in [0.1, 0.15) is 24.4 Å². The molecule has 4 aliphatic rings. The van der Waals surface area contributed by atoms with Gasteiger partial charge in [-0.1, -0.05) is 32.9 Å². The first kappa shape index (κ1) is 50.9. The molecule has 2 heterocycles. The molecule has 6 atom stereocenters. The molecule has 0 aromatic heterocycles. The van der Waals surface area contributed by atoms with Crippen LogP contribution in [0.2, 0.25) is 18.1 Å². The third-order valence-corrected chi connectivity index (χ3v) is 14.0. The van der Waals surface area contributed by atoms with Gasteiger partial charge in [0.05, 0.1) is 23.1 Å². The molecule has 2 saturated heterocycles. The Balaban J connectivity index is 0.000000264. The maximum atomic E-state index is 12.6. The van der Waals surface area contributed by atoms with E-state index in [2.05, 4.69) is 134 Å². The average Bonchev–Trinajstić information content (AvgIpc) is 3.50. The minimum absolute atomic E-state index is 0.0166. The van der Waals surface area contributed by atoms with Gasteiger partial charge in [-0.25, -0.2) is 9.59 Å². The number of nitro groups is 2. The molecule has 0 spiro atoms. The zero-order valence-electron chi connectivity index (χ0n) is 30.7. The fourth-order valence-electron chi connectivity index (χ4n) is 5.59. The van der Waals surface area contributed by atoms with Gasteiger partial charge in [0.25, 0.3) is 11.4 Å². The van der Waals surface area contributed by atoms with E-state index in [0.717, 1.165) is 11.1 Å². The van der Waals surface area contributed by atoms with Crippen LogP contribution in [-0.4, -0.2) is 70.8 Å². The van der Waals surface area contributed by atoms with Gasteiger partial charge in [-0.05, 0) is 65.7 Å². The van der Waals surface area contributed by atoms with Crippen LogP contribution in [0.25, 0.3) is 0 Å². The van der Waals surface area contributed by atoms with Gasteiger partial charge in [-0.3, -0.25) is 20.2 Å². The number of rotatable bonds is 10. The monoisotopic (exact) mass is 1430 g/mol. The first-order chi connectivity index (χ1) is 26.1. The molecule has 2 fully saturated rings. The van der Waals surface area contributed by atoms with Gasteiger partial charge in [-0.15, -0.1) is 0 Å². The molecule has 307 valence electrons. The number of halogens is 5. The zero-order chi connectivity index (χ0) is 42.1. The second-order valence-electron chi connectivity index (χ2n) is 14.3. The number of non-ortho nitro benzene ring substituents is 2. The Hall–Kier alpha value is 0.536. The summed E-state index contributed by atoms with van der Waals surface area (Å²) in [5.74, 6) is -0.995. The summed E-state index contributed by atoms with van der Waals surface area (Å²) in [6.45, 7) is 11.2. The van der Waals surface area contributed by atoms with Crippen LogP contribution in [0.5, 0.6) is 0 Å². The van der Waals surface area contributed by atoms with E-state index in [-0.39, 0.29) is 59.1 Å². The van der Waals surface area contributed by atoms with Crippen molar-refractivity contribution in [2.75, 3.05) is 0 Å². The Morgan fingerprint density at radius 1 is 0.821 bits per heavy atom. The second-order valence-corrected chi connectivity index (χ2v) is 66.2. The van der Waals surface area contributed by atoms with Crippen molar-refractivity contribution >= 4 is 132 Å². The number of carbonyl (C=O) groups is 2. The summed E-state index contributed by atoms with van der Waals surface area (Å²) in [5.41, 5.74) is -0.875. The molecule has 4 bridgehead atoms. The number of esters is 2. The summed E-state index contributed by atoms with van der Waals surface area (Å²) >= 11 is 12.1. The van der Waals surface area contributed by atoms with Crippen molar-refractivity contribution in [3.63, 3.8) is 0 Å². The van der Waals surface area contributed by atoms with Crippen molar-refractivity contribution in [3.05, 3.63) is 104 Å². The maximum absolute atomic E-state index is 12.6. The summed E-state index contributed by atoms with van der Waals surface area (Å²) in [4.78, 5) is 44.2. The third kappa shape index (κ3) is 14.6. The summed E-state index contributed by atoms with van der Waals surface area (Å²) in [6, 6.07) is 12.3. The number of benzene rings is 2.